The molecule has 7 heavy (non-hydrogen) atoms. The van der Waals surface area contributed by atoms with E-state index in [0.29, 0.717) is 0 Å². The van der Waals surface area contributed by atoms with Gasteiger partial charge in [-0.2, -0.15) is 0 Å². The summed E-state index contributed by atoms with van der Waals surface area (Å²) in [6, 6.07) is 0. The van der Waals surface area contributed by atoms with Crippen molar-refractivity contribution in [2.75, 3.05) is 0 Å². The zero-order chi connectivity index (χ0) is 5.58. The van der Waals surface area contributed by atoms with E-state index in [1.54, 1.807) is 0 Å². The molecule has 44 valence electrons. The Morgan fingerprint density at radius 1 is 1.29 bits per heavy atom. The van der Waals surface area contributed by atoms with Crippen molar-refractivity contribution < 1.29 is 14.4 Å². The van der Waals surface area contributed by atoms with Crippen molar-refractivity contribution in [3.63, 3.8) is 0 Å². The van der Waals surface area contributed by atoms with E-state index in [-0.39, 0.29) is 37.7 Å². The van der Waals surface area contributed by atoms with Crippen LogP contribution >= 0.6 is 8.25 Å². The maximum atomic E-state index is 8.74. The average Bonchev–Trinajstić information content (AvgIpc) is 1.41. The molecule has 2 N–H and O–H groups in total. The second-order valence-corrected chi connectivity index (χ2v) is 0.848. The van der Waals surface area contributed by atoms with E-state index in [0.717, 1.165) is 0 Å². The maximum absolute atomic E-state index is 8.74. The van der Waals surface area contributed by atoms with Gasteiger partial charge in [0.05, 0.1) is 0 Å². The molecule has 0 aliphatic heterocycles. The van der Waals surface area contributed by atoms with E-state index in [9.17, 15) is 0 Å². The molecule has 0 aliphatic rings. The van der Waals surface area contributed by atoms with Gasteiger partial charge in [-0.15, -0.1) is 0 Å². The predicted molar refractivity (Wildman–Crippen MR) is 33.3 cm³/mol. The fourth-order valence-corrected chi connectivity index (χ4v) is 0. The topological polar surface area (TPSA) is 57.5 Å². The molecule has 0 amide bonds. The van der Waals surface area contributed by atoms with Crippen molar-refractivity contribution in [3.05, 3.63) is 0 Å². The summed E-state index contributed by atoms with van der Waals surface area (Å²) >= 11 is 0. The summed E-state index contributed by atoms with van der Waals surface area (Å²) in [4.78, 5) is 14.3. The molecule has 0 saturated carbocycles. The van der Waals surface area contributed by atoms with E-state index in [1.807, 2.05) is 13.8 Å². The van der Waals surface area contributed by atoms with Gasteiger partial charge in [0, 0.05) is 0 Å². The third-order valence-corrected chi connectivity index (χ3v) is 0. The van der Waals surface area contributed by atoms with E-state index < -0.39 is 8.25 Å². The van der Waals surface area contributed by atoms with Gasteiger partial charge in [0.2, 0.25) is 0 Å². The summed E-state index contributed by atoms with van der Waals surface area (Å²) in [6.45, 7) is 4.00. The molecule has 0 fully saturated rings. The molecule has 0 saturated heterocycles. The van der Waals surface area contributed by atoms with Gasteiger partial charge in [-0.1, -0.05) is 13.8 Å². The summed E-state index contributed by atoms with van der Waals surface area (Å²) < 4.78 is 8.74. The second kappa shape index (κ2) is 15.7. The first-order chi connectivity index (χ1) is 2.73. The third kappa shape index (κ3) is 109. The molecule has 0 radical (unpaired) electrons. The van der Waals surface area contributed by atoms with Crippen LogP contribution in [0.4, 0.5) is 0 Å². The summed E-state index contributed by atoms with van der Waals surface area (Å²) in [5.41, 5.74) is 0. The van der Waals surface area contributed by atoms with Crippen molar-refractivity contribution in [2.24, 2.45) is 0 Å². The van der Waals surface area contributed by atoms with Gasteiger partial charge >= 0.3 is 46.0 Å². The molecule has 5 heteroatoms. The Bertz CT molecular complexity index is 35.9. The van der Waals surface area contributed by atoms with Gasteiger partial charge in [-0.3, -0.25) is 4.57 Å². The molecule has 0 heterocycles. The Balaban J connectivity index is -0.0000000480. The molecule has 0 aromatic carbocycles. The molecular weight excluding hydrogens is 143 g/mol. The summed E-state index contributed by atoms with van der Waals surface area (Å²) in [6.07, 6.45) is 0. The van der Waals surface area contributed by atoms with Gasteiger partial charge in [0.15, 0.2) is 0 Å². The van der Waals surface area contributed by atoms with Gasteiger partial charge in [-0.25, -0.2) is 0 Å². The molecule has 0 unspecified atom stereocenters. The first-order valence-electron chi connectivity index (χ1n) is 1.65. The second-order valence-electron chi connectivity index (χ2n) is 0.283. The van der Waals surface area contributed by atoms with E-state index >= 15 is 0 Å². The molecule has 0 spiro atoms. The van der Waals surface area contributed by atoms with Crippen LogP contribution in [-0.4, -0.2) is 47.5 Å². The fraction of sp³-hybridized carbons (Fsp3) is 1.00. The number of hydrogen-bond donors (Lipinski definition) is 2. The zero-order valence-electron chi connectivity index (χ0n) is 3.80. The molecular formula is C2H11CaO3P. The third-order valence-electron chi connectivity index (χ3n) is 0. The van der Waals surface area contributed by atoms with Crippen LogP contribution in [0.25, 0.3) is 0 Å². The Labute approximate surface area is 73.7 Å². The van der Waals surface area contributed by atoms with Crippen molar-refractivity contribution in [3.8, 4) is 0 Å². The van der Waals surface area contributed by atoms with Crippen LogP contribution < -0.4 is 0 Å². The van der Waals surface area contributed by atoms with Crippen molar-refractivity contribution in [1.82, 2.24) is 0 Å². The van der Waals surface area contributed by atoms with Crippen LogP contribution in [-0.2, 0) is 4.57 Å². The van der Waals surface area contributed by atoms with Crippen LogP contribution in [0.3, 0.4) is 0 Å². The Morgan fingerprint density at radius 3 is 1.29 bits per heavy atom. The number of rotatable bonds is 0. The van der Waals surface area contributed by atoms with E-state index in [4.69, 9.17) is 14.4 Å². The van der Waals surface area contributed by atoms with Crippen LogP contribution in [0.1, 0.15) is 13.8 Å². The monoisotopic (exact) mass is 154 g/mol. The van der Waals surface area contributed by atoms with Crippen LogP contribution in [0.5, 0.6) is 0 Å². The van der Waals surface area contributed by atoms with E-state index in [2.05, 4.69) is 0 Å². The SMILES string of the molecule is CC.O=[PH](O)O.[CaH2]. The van der Waals surface area contributed by atoms with Crippen LogP contribution in [0, 0.1) is 0 Å². The Morgan fingerprint density at radius 2 is 1.29 bits per heavy atom. The molecule has 0 atom stereocenters. The number of hydrogen-bond acceptors (Lipinski definition) is 1. The molecule has 0 aromatic heterocycles. The summed E-state index contributed by atoms with van der Waals surface area (Å²) in [5.74, 6) is 0. The van der Waals surface area contributed by atoms with Crippen LogP contribution in [0.15, 0.2) is 0 Å². The Kier molecular flexibility index (Phi) is 35.3. The summed E-state index contributed by atoms with van der Waals surface area (Å²) in [5, 5.41) is 0. The predicted octanol–water partition coefficient (Wildman–Crippen LogP) is -0.529. The molecule has 0 rings (SSSR count). The van der Waals surface area contributed by atoms with E-state index in [1.165, 1.54) is 0 Å². The minimum atomic E-state index is -3.13. The molecule has 0 aliphatic carbocycles. The average molecular weight is 154 g/mol. The van der Waals surface area contributed by atoms with Gasteiger partial charge in [0.1, 0.15) is 0 Å². The van der Waals surface area contributed by atoms with Crippen molar-refractivity contribution in [1.29, 1.82) is 0 Å². The normalized spacial score (nSPS) is 5.86. The molecule has 0 aromatic rings. The standard InChI is InChI=1S/C2H6.Ca.H3O3P.2H/c1-2;;1-4(2)3;;/h1-2H3;;4H,(H2,1,2,3);;. The van der Waals surface area contributed by atoms with Gasteiger partial charge in [0.25, 0.3) is 0 Å². The molecule has 3 nitrogen and oxygen atoms in total. The Hall–Kier alpha value is 1.41. The fourth-order valence-electron chi connectivity index (χ4n) is 0. The zero-order valence-corrected chi connectivity index (χ0v) is 4.80. The van der Waals surface area contributed by atoms with Gasteiger partial charge < -0.3 is 9.79 Å². The minimum absolute atomic E-state index is 0. The first kappa shape index (κ1) is 15.8. The van der Waals surface area contributed by atoms with Crippen molar-refractivity contribution >= 4 is 46.0 Å². The molecule has 0 bridgehead atoms. The summed E-state index contributed by atoms with van der Waals surface area (Å²) in [7, 11) is -3.13. The van der Waals surface area contributed by atoms with Crippen molar-refractivity contribution in [2.45, 2.75) is 13.8 Å². The quantitative estimate of drug-likeness (QED) is 0.364. The van der Waals surface area contributed by atoms with Crippen LogP contribution in [0.2, 0.25) is 0 Å². The first-order valence-corrected chi connectivity index (χ1v) is 2.95. The van der Waals surface area contributed by atoms with Gasteiger partial charge in [-0.05, 0) is 0 Å².